The van der Waals surface area contributed by atoms with Crippen molar-refractivity contribution in [3.63, 3.8) is 0 Å². The van der Waals surface area contributed by atoms with E-state index in [0.29, 0.717) is 38.8 Å². The van der Waals surface area contributed by atoms with E-state index >= 15 is 0 Å². The fraction of sp³-hybridized carbons (Fsp3) is 0.682. The largest absolute Gasteiger partial charge is 0.378 e. The highest BCUT2D eigenvalue weighted by Gasteiger charge is 2.44. The van der Waals surface area contributed by atoms with Crippen LogP contribution in [0.3, 0.4) is 0 Å². The molecule has 0 bridgehead atoms. The van der Waals surface area contributed by atoms with Gasteiger partial charge >= 0.3 is 0 Å². The Morgan fingerprint density at radius 3 is 2.60 bits per heavy atom. The number of anilines is 1. The number of hydrogen-bond acceptors (Lipinski definition) is 6. The molecule has 2 saturated heterocycles. The molecule has 1 amide bonds. The number of amides is 1. The standard InChI is InChI=1S/C22H30N4O4/c27-22(23-9-11-30-12-10-23)19-14-16-13-18(26(28)29)5-6-20(16)25-8-7-24(15-21(19)25)17-3-1-2-4-17/h5-6,13,17,19,21H,1-4,7-12,14-15H2. The summed E-state index contributed by atoms with van der Waals surface area (Å²) in [6.07, 6.45) is 5.71. The lowest BCUT2D eigenvalue weighted by atomic mass is 9.82. The molecular formula is C22H30N4O4. The first kappa shape index (κ1) is 19.8. The topological polar surface area (TPSA) is 79.2 Å². The predicted molar refractivity (Wildman–Crippen MR) is 113 cm³/mol. The van der Waals surface area contributed by atoms with Crippen molar-refractivity contribution < 1.29 is 14.5 Å². The maximum atomic E-state index is 13.6. The van der Waals surface area contributed by atoms with Crippen LogP contribution in [0.4, 0.5) is 11.4 Å². The number of nitro groups is 1. The molecule has 8 nitrogen and oxygen atoms in total. The SMILES string of the molecule is O=C(C1Cc2cc([N+](=O)[O-])ccc2N2CCN(C3CCCC3)CC12)N1CCOCC1. The third-order valence-electron chi connectivity index (χ3n) is 7.42. The number of piperazine rings is 1. The van der Waals surface area contributed by atoms with Crippen LogP contribution in [-0.2, 0) is 16.0 Å². The van der Waals surface area contributed by atoms with Gasteiger partial charge in [-0.15, -0.1) is 0 Å². The van der Waals surface area contributed by atoms with Crippen molar-refractivity contribution in [2.75, 3.05) is 50.8 Å². The summed E-state index contributed by atoms with van der Waals surface area (Å²) in [5.41, 5.74) is 2.11. The quantitative estimate of drug-likeness (QED) is 0.557. The molecule has 0 N–H and O–H groups in total. The Labute approximate surface area is 176 Å². The first-order valence-electron chi connectivity index (χ1n) is 11.3. The van der Waals surface area contributed by atoms with Crippen molar-refractivity contribution in [3.05, 3.63) is 33.9 Å². The summed E-state index contributed by atoms with van der Waals surface area (Å²) >= 11 is 0. The predicted octanol–water partition coefficient (Wildman–Crippen LogP) is 2.06. The lowest BCUT2D eigenvalue weighted by Gasteiger charge is -2.51. The van der Waals surface area contributed by atoms with Crippen LogP contribution in [-0.4, -0.2) is 78.7 Å². The zero-order valence-corrected chi connectivity index (χ0v) is 17.4. The van der Waals surface area contributed by atoms with Crippen LogP contribution >= 0.6 is 0 Å². The van der Waals surface area contributed by atoms with Gasteiger partial charge in [0.25, 0.3) is 5.69 Å². The monoisotopic (exact) mass is 414 g/mol. The van der Waals surface area contributed by atoms with Gasteiger partial charge in [0.15, 0.2) is 0 Å². The molecule has 1 aliphatic carbocycles. The fourth-order valence-electron chi connectivity index (χ4n) is 5.85. The molecule has 3 fully saturated rings. The highest BCUT2D eigenvalue weighted by atomic mass is 16.6. The Morgan fingerprint density at radius 1 is 1.10 bits per heavy atom. The molecule has 30 heavy (non-hydrogen) atoms. The third-order valence-corrected chi connectivity index (χ3v) is 7.42. The smallest absolute Gasteiger partial charge is 0.269 e. The summed E-state index contributed by atoms with van der Waals surface area (Å²) in [5.74, 6) is 0.0144. The van der Waals surface area contributed by atoms with E-state index in [1.54, 1.807) is 12.1 Å². The molecule has 3 aliphatic heterocycles. The van der Waals surface area contributed by atoms with E-state index in [2.05, 4.69) is 9.80 Å². The van der Waals surface area contributed by atoms with Crippen molar-refractivity contribution in [1.29, 1.82) is 0 Å². The van der Waals surface area contributed by atoms with Crippen molar-refractivity contribution in [2.45, 2.75) is 44.2 Å². The van der Waals surface area contributed by atoms with Gasteiger partial charge in [-0.05, 0) is 30.9 Å². The second-order valence-electron chi connectivity index (χ2n) is 9.01. The summed E-state index contributed by atoms with van der Waals surface area (Å²) in [7, 11) is 0. The van der Waals surface area contributed by atoms with Crippen LogP contribution < -0.4 is 4.90 Å². The number of hydrogen-bond donors (Lipinski definition) is 0. The van der Waals surface area contributed by atoms with Gasteiger partial charge in [0.05, 0.1) is 30.1 Å². The molecule has 3 heterocycles. The van der Waals surface area contributed by atoms with Gasteiger partial charge in [-0.25, -0.2) is 0 Å². The second kappa shape index (κ2) is 8.15. The van der Waals surface area contributed by atoms with Crippen LogP contribution in [0.1, 0.15) is 31.2 Å². The Balaban J connectivity index is 1.46. The first-order valence-corrected chi connectivity index (χ1v) is 11.3. The molecule has 0 spiro atoms. The number of nitro benzene ring substituents is 1. The molecule has 0 aromatic heterocycles. The van der Waals surface area contributed by atoms with Crippen molar-refractivity contribution in [2.24, 2.45) is 5.92 Å². The second-order valence-corrected chi connectivity index (χ2v) is 9.01. The highest BCUT2D eigenvalue weighted by Crippen LogP contribution is 2.39. The van der Waals surface area contributed by atoms with Crippen LogP contribution in [0.15, 0.2) is 18.2 Å². The molecule has 8 heteroatoms. The lowest BCUT2D eigenvalue weighted by Crippen LogP contribution is -2.63. The number of carbonyl (C=O) groups is 1. The van der Waals surface area contributed by atoms with E-state index in [9.17, 15) is 14.9 Å². The van der Waals surface area contributed by atoms with Gasteiger partial charge in [0, 0.05) is 56.6 Å². The van der Waals surface area contributed by atoms with Crippen molar-refractivity contribution in [1.82, 2.24) is 9.80 Å². The average Bonchev–Trinajstić information content (AvgIpc) is 3.33. The van der Waals surface area contributed by atoms with Gasteiger partial charge in [0.2, 0.25) is 5.91 Å². The Kier molecular flexibility index (Phi) is 5.37. The minimum atomic E-state index is -0.344. The Hall–Kier alpha value is -2.19. The lowest BCUT2D eigenvalue weighted by molar-refractivity contribution is -0.384. The molecule has 2 atom stereocenters. The molecular weight excluding hydrogens is 384 g/mol. The maximum absolute atomic E-state index is 13.6. The average molecular weight is 415 g/mol. The number of rotatable bonds is 3. The summed E-state index contributed by atoms with van der Waals surface area (Å²) in [6.45, 7) is 5.22. The number of carbonyl (C=O) groups excluding carboxylic acids is 1. The number of nitrogens with zero attached hydrogens (tertiary/aromatic N) is 4. The van der Waals surface area contributed by atoms with Gasteiger partial charge in [-0.1, -0.05) is 12.8 Å². The Bertz CT molecular complexity index is 819. The molecule has 162 valence electrons. The molecule has 1 aromatic carbocycles. The van der Waals surface area contributed by atoms with E-state index in [4.69, 9.17) is 4.74 Å². The van der Waals surface area contributed by atoms with Gasteiger partial charge in [-0.2, -0.15) is 0 Å². The van der Waals surface area contributed by atoms with E-state index in [1.807, 2.05) is 11.0 Å². The van der Waals surface area contributed by atoms with E-state index < -0.39 is 0 Å². The molecule has 4 aliphatic rings. The number of benzene rings is 1. The zero-order valence-electron chi connectivity index (χ0n) is 17.4. The number of morpholine rings is 1. The van der Waals surface area contributed by atoms with Crippen molar-refractivity contribution in [3.8, 4) is 0 Å². The van der Waals surface area contributed by atoms with Gasteiger partial charge in [-0.3, -0.25) is 19.8 Å². The first-order chi connectivity index (χ1) is 14.6. The summed E-state index contributed by atoms with van der Waals surface area (Å²) in [5, 5.41) is 11.3. The molecule has 1 aromatic rings. The Morgan fingerprint density at radius 2 is 1.87 bits per heavy atom. The van der Waals surface area contributed by atoms with E-state index in [-0.39, 0.29) is 28.5 Å². The minimum absolute atomic E-state index is 0.106. The highest BCUT2D eigenvalue weighted by molar-refractivity contribution is 5.82. The normalized spacial score (nSPS) is 27.6. The molecule has 2 unspecified atom stereocenters. The van der Waals surface area contributed by atoms with Gasteiger partial charge in [0.1, 0.15) is 0 Å². The van der Waals surface area contributed by atoms with Crippen LogP contribution in [0, 0.1) is 16.0 Å². The number of fused-ring (bicyclic) bond motifs is 3. The summed E-state index contributed by atoms with van der Waals surface area (Å²) in [6, 6.07) is 5.94. The van der Waals surface area contributed by atoms with Crippen LogP contribution in [0.2, 0.25) is 0 Å². The zero-order chi connectivity index (χ0) is 20.7. The third kappa shape index (κ3) is 3.56. The molecule has 5 rings (SSSR count). The molecule has 1 saturated carbocycles. The number of ether oxygens (including phenoxy) is 1. The van der Waals surface area contributed by atoms with Crippen molar-refractivity contribution >= 4 is 17.3 Å². The van der Waals surface area contributed by atoms with E-state index in [0.717, 1.165) is 30.9 Å². The number of non-ortho nitro benzene ring substituents is 1. The molecule has 0 radical (unpaired) electrons. The van der Waals surface area contributed by atoms with E-state index in [1.165, 1.54) is 25.7 Å². The van der Waals surface area contributed by atoms with Crippen LogP contribution in [0.25, 0.3) is 0 Å². The minimum Gasteiger partial charge on any atom is -0.378 e. The van der Waals surface area contributed by atoms with Crippen LogP contribution in [0.5, 0.6) is 0 Å². The summed E-state index contributed by atoms with van der Waals surface area (Å²) < 4.78 is 5.44. The maximum Gasteiger partial charge on any atom is 0.269 e. The van der Waals surface area contributed by atoms with Gasteiger partial charge < -0.3 is 14.5 Å². The fourth-order valence-corrected chi connectivity index (χ4v) is 5.85. The summed E-state index contributed by atoms with van der Waals surface area (Å²) in [4.78, 5) is 31.4.